The number of nitrogens with zero attached hydrogens (tertiary/aromatic N) is 3. The van der Waals surface area contributed by atoms with Crippen LogP contribution in [0.5, 0.6) is 0 Å². The van der Waals surface area contributed by atoms with E-state index in [9.17, 15) is 9.90 Å². The summed E-state index contributed by atoms with van der Waals surface area (Å²) in [6.07, 6.45) is -4.69. The van der Waals surface area contributed by atoms with Crippen molar-refractivity contribution in [2.24, 2.45) is 5.11 Å². The summed E-state index contributed by atoms with van der Waals surface area (Å²) in [6, 6.07) is 18.8. The average molecular weight is 427 g/mol. The van der Waals surface area contributed by atoms with Gasteiger partial charge in [-0.05, 0) is 16.7 Å². The van der Waals surface area contributed by atoms with Crippen LogP contribution in [0, 0.1) is 0 Å². The predicted octanol–water partition coefficient (Wildman–Crippen LogP) is 3.12. The molecule has 2 aromatic rings. The summed E-state index contributed by atoms with van der Waals surface area (Å²) in [6.45, 7) is 1.24. The van der Waals surface area contributed by atoms with Gasteiger partial charge >= 0.3 is 5.97 Å². The second kappa shape index (κ2) is 11.5. The summed E-state index contributed by atoms with van der Waals surface area (Å²) in [5.41, 5.74) is 10.8. The molecule has 0 saturated carbocycles. The van der Waals surface area contributed by atoms with Crippen LogP contribution in [0.2, 0.25) is 0 Å². The molecule has 3 rings (SSSR count). The molecule has 1 heterocycles. The van der Waals surface area contributed by atoms with Gasteiger partial charge in [0.05, 0.1) is 19.8 Å². The summed E-state index contributed by atoms with van der Waals surface area (Å²) in [5, 5.41) is 13.5. The van der Waals surface area contributed by atoms with E-state index in [2.05, 4.69) is 10.0 Å². The molecule has 1 saturated heterocycles. The van der Waals surface area contributed by atoms with Crippen LogP contribution in [-0.2, 0) is 37.0 Å². The first kappa shape index (κ1) is 22.7. The molecule has 2 aromatic carbocycles. The molecule has 1 unspecified atom stereocenters. The summed E-state index contributed by atoms with van der Waals surface area (Å²) in [5.74, 6) is -0.551. The standard InChI is InChI=1S/C22H25N3O6/c1-15(27)30-20-19(28-13-16-8-4-2-5-9-16)18(12-26)31-22(24-25-23)21(20)29-14-17-10-6-3-7-11-17/h2-11,18-22,26H,12-14H2,1H3/t18-,19-,20+,21-,22?/m1/s1. The quantitative estimate of drug-likeness (QED) is 0.284. The number of carbonyl (C=O) groups excluding carboxylic acids is 1. The number of rotatable bonds is 9. The van der Waals surface area contributed by atoms with E-state index in [0.29, 0.717) is 0 Å². The van der Waals surface area contributed by atoms with Gasteiger partial charge in [-0.3, -0.25) is 4.79 Å². The van der Waals surface area contributed by atoms with Gasteiger partial charge in [0.25, 0.3) is 0 Å². The molecular formula is C22H25N3O6. The third kappa shape index (κ3) is 6.27. The van der Waals surface area contributed by atoms with E-state index in [0.717, 1.165) is 11.1 Å². The molecule has 0 amide bonds. The molecule has 1 fully saturated rings. The fraction of sp³-hybridized carbons (Fsp3) is 0.409. The summed E-state index contributed by atoms with van der Waals surface area (Å²) in [4.78, 5) is 14.7. The van der Waals surface area contributed by atoms with Crippen molar-refractivity contribution < 1.29 is 28.8 Å². The summed E-state index contributed by atoms with van der Waals surface area (Å²) < 4.78 is 23.3. The number of ether oxygens (including phenoxy) is 4. The highest BCUT2D eigenvalue weighted by Gasteiger charge is 2.49. The molecule has 0 aliphatic carbocycles. The largest absolute Gasteiger partial charge is 0.457 e. The van der Waals surface area contributed by atoms with Crippen molar-refractivity contribution >= 4 is 5.97 Å². The summed E-state index contributed by atoms with van der Waals surface area (Å²) in [7, 11) is 0. The number of carbonyl (C=O) groups is 1. The van der Waals surface area contributed by atoms with Gasteiger partial charge in [0.15, 0.2) is 12.3 Å². The normalized spacial score (nSPS) is 25.4. The van der Waals surface area contributed by atoms with Gasteiger partial charge in [-0.1, -0.05) is 65.8 Å². The molecule has 1 aliphatic heterocycles. The Morgan fingerprint density at radius 3 is 2.03 bits per heavy atom. The second-order valence-electron chi connectivity index (χ2n) is 7.05. The lowest BCUT2D eigenvalue weighted by molar-refractivity contribution is -0.261. The summed E-state index contributed by atoms with van der Waals surface area (Å²) >= 11 is 0. The van der Waals surface area contributed by atoms with Crippen molar-refractivity contribution in [1.29, 1.82) is 0 Å². The van der Waals surface area contributed by atoms with Crippen molar-refractivity contribution in [3.05, 3.63) is 82.2 Å². The first-order valence-electron chi connectivity index (χ1n) is 9.91. The van der Waals surface area contributed by atoms with Gasteiger partial charge in [0.1, 0.15) is 18.3 Å². The lowest BCUT2D eigenvalue weighted by atomic mass is 9.97. The first-order valence-corrected chi connectivity index (χ1v) is 9.91. The minimum absolute atomic E-state index is 0.180. The Bertz CT molecular complexity index is 875. The third-order valence-electron chi connectivity index (χ3n) is 4.83. The van der Waals surface area contributed by atoms with E-state index in [-0.39, 0.29) is 13.2 Å². The highest BCUT2D eigenvalue weighted by atomic mass is 16.6. The molecular weight excluding hydrogens is 402 g/mol. The fourth-order valence-electron chi connectivity index (χ4n) is 3.42. The Morgan fingerprint density at radius 2 is 1.55 bits per heavy atom. The van der Waals surface area contributed by atoms with Crippen molar-refractivity contribution in [1.82, 2.24) is 0 Å². The third-order valence-corrected chi connectivity index (χ3v) is 4.83. The Kier molecular flexibility index (Phi) is 8.40. The second-order valence-corrected chi connectivity index (χ2v) is 7.05. The van der Waals surface area contributed by atoms with Crippen LogP contribution >= 0.6 is 0 Å². The van der Waals surface area contributed by atoms with Gasteiger partial charge in [0, 0.05) is 11.8 Å². The van der Waals surface area contributed by atoms with E-state index < -0.39 is 43.2 Å². The van der Waals surface area contributed by atoms with Crippen molar-refractivity contribution in [3.8, 4) is 0 Å². The fourth-order valence-corrected chi connectivity index (χ4v) is 3.42. The molecule has 31 heavy (non-hydrogen) atoms. The maximum absolute atomic E-state index is 11.9. The van der Waals surface area contributed by atoms with E-state index >= 15 is 0 Å². The molecule has 0 aromatic heterocycles. The van der Waals surface area contributed by atoms with Crippen LogP contribution in [0.15, 0.2) is 65.8 Å². The number of aliphatic hydroxyl groups is 1. The Labute approximate surface area is 180 Å². The number of hydrogen-bond acceptors (Lipinski definition) is 7. The molecule has 0 spiro atoms. The van der Waals surface area contributed by atoms with Gasteiger partial charge in [-0.25, -0.2) is 0 Å². The SMILES string of the molecule is CC(=O)O[C@H]1[C@H](OCc2ccccc2)[C@@H](CO)OC(N=[N+]=[N-])[C@@H]1OCc1ccccc1. The van der Waals surface area contributed by atoms with Crippen LogP contribution in [0.4, 0.5) is 0 Å². The lowest BCUT2D eigenvalue weighted by Gasteiger charge is -2.43. The van der Waals surface area contributed by atoms with E-state index in [4.69, 9.17) is 24.5 Å². The predicted molar refractivity (Wildman–Crippen MR) is 110 cm³/mol. The van der Waals surface area contributed by atoms with Crippen LogP contribution in [0.1, 0.15) is 18.1 Å². The van der Waals surface area contributed by atoms with E-state index in [1.807, 2.05) is 60.7 Å². The van der Waals surface area contributed by atoms with Crippen LogP contribution in [0.25, 0.3) is 10.4 Å². The molecule has 5 atom stereocenters. The van der Waals surface area contributed by atoms with Gasteiger partial charge < -0.3 is 24.1 Å². The van der Waals surface area contributed by atoms with Crippen molar-refractivity contribution in [3.63, 3.8) is 0 Å². The van der Waals surface area contributed by atoms with Crippen LogP contribution < -0.4 is 0 Å². The maximum Gasteiger partial charge on any atom is 0.303 e. The smallest absolute Gasteiger partial charge is 0.303 e. The molecule has 1 N–H and O–H groups in total. The maximum atomic E-state index is 11.9. The lowest BCUT2D eigenvalue weighted by Crippen LogP contribution is -2.60. The Morgan fingerprint density at radius 1 is 1.00 bits per heavy atom. The topological polar surface area (TPSA) is 123 Å². The van der Waals surface area contributed by atoms with Gasteiger partial charge in [0.2, 0.25) is 0 Å². The van der Waals surface area contributed by atoms with Crippen molar-refractivity contribution in [2.75, 3.05) is 6.61 Å². The Hall–Kier alpha value is -2.94. The van der Waals surface area contributed by atoms with Gasteiger partial charge in [-0.15, -0.1) is 0 Å². The molecule has 164 valence electrons. The zero-order valence-electron chi connectivity index (χ0n) is 17.1. The number of hydrogen-bond donors (Lipinski definition) is 1. The number of aliphatic hydroxyl groups excluding tert-OH is 1. The number of esters is 1. The monoisotopic (exact) mass is 427 g/mol. The highest BCUT2D eigenvalue weighted by Crippen LogP contribution is 2.30. The zero-order chi connectivity index (χ0) is 22.1. The highest BCUT2D eigenvalue weighted by molar-refractivity contribution is 5.66. The van der Waals surface area contributed by atoms with Crippen LogP contribution in [0.3, 0.4) is 0 Å². The zero-order valence-corrected chi connectivity index (χ0v) is 17.1. The molecule has 9 heteroatoms. The number of benzene rings is 2. The molecule has 1 aliphatic rings. The molecule has 9 nitrogen and oxygen atoms in total. The molecule has 0 radical (unpaired) electrons. The average Bonchev–Trinajstić information content (AvgIpc) is 2.79. The minimum Gasteiger partial charge on any atom is -0.457 e. The van der Waals surface area contributed by atoms with Crippen LogP contribution in [-0.4, -0.2) is 48.3 Å². The number of azide groups is 1. The first-order chi connectivity index (χ1) is 15.1. The van der Waals surface area contributed by atoms with E-state index in [1.54, 1.807) is 0 Å². The Balaban J connectivity index is 1.85. The minimum atomic E-state index is -1.10. The van der Waals surface area contributed by atoms with Gasteiger partial charge in [-0.2, -0.15) is 0 Å². The van der Waals surface area contributed by atoms with E-state index in [1.165, 1.54) is 6.92 Å². The van der Waals surface area contributed by atoms with Crippen molar-refractivity contribution in [2.45, 2.75) is 50.8 Å². The molecule has 0 bridgehead atoms.